The van der Waals surface area contributed by atoms with Gasteiger partial charge >= 0.3 is 0 Å². The minimum absolute atomic E-state index is 0.292. The summed E-state index contributed by atoms with van der Waals surface area (Å²) in [5, 5.41) is 9.57. The molecule has 1 aromatic rings. The molecule has 1 aromatic carbocycles. The molecule has 0 aliphatic heterocycles. The minimum Gasteiger partial charge on any atom is -0.392 e. The van der Waals surface area contributed by atoms with Crippen LogP contribution in [0.25, 0.3) is 0 Å². The third-order valence-electron chi connectivity index (χ3n) is 2.27. The average Bonchev–Trinajstić information content (AvgIpc) is 2.20. The monoisotopic (exact) mass is 225 g/mol. The Kier molecular flexibility index (Phi) is 5.15. The molecule has 3 heteroatoms. The topological polar surface area (TPSA) is 46.2 Å². The number of nitrogens with two attached hydrogens (primary N) is 1. The van der Waals surface area contributed by atoms with Gasteiger partial charge in [-0.25, -0.2) is 0 Å². The van der Waals surface area contributed by atoms with E-state index in [-0.39, 0.29) is 6.10 Å². The third-order valence-corrected chi connectivity index (χ3v) is 3.58. The van der Waals surface area contributed by atoms with Crippen LogP contribution in [-0.2, 0) is 0 Å². The zero-order valence-electron chi connectivity index (χ0n) is 9.36. The van der Waals surface area contributed by atoms with Crippen LogP contribution in [0.5, 0.6) is 0 Å². The van der Waals surface area contributed by atoms with Gasteiger partial charge in [0.15, 0.2) is 0 Å². The summed E-state index contributed by atoms with van der Waals surface area (Å²) >= 11 is 1.70. The summed E-state index contributed by atoms with van der Waals surface area (Å²) in [4.78, 5) is 1.26. The quantitative estimate of drug-likeness (QED) is 0.754. The average molecular weight is 225 g/mol. The second-order valence-corrected chi connectivity index (χ2v) is 4.87. The summed E-state index contributed by atoms with van der Waals surface area (Å²) in [6.07, 6.45) is 0.387. The van der Waals surface area contributed by atoms with E-state index in [9.17, 15) is 5.11 Å². The molecular formula is C12H19NOS. The highest BCUT2D eigenvalue weighted by Gasteiger charge is 2.05. The number of aliphatic hydroxyl groups excluding tert-OH is 1. The van der Waals surface area contributed by atoms with Crippen LogP contribution in [0.4, 0.5) is 0 Å². The van der Waals surface area contributed by atoms with Crippen LogP contribution in [0.3, 0.4) is 0 Å². The lowest BCUT2D eigenvalue weighted by Gasteiger charge is -2.10. The molecule has 2 nitrogen and oxygen atoms in total. The molecule has 0 saturated heterocycles. The maximum atomic E-state index is 9.57. The van der Waals surface area contributed by atoms with Crippen molar-refractivity contribution in [3.05, 3.63) is 29.3 Å². The Balaban J connectivity index is 2.53. The molecule has 0 saturated carbocycles. The molecule has 0 spiro atoms. The summed E-state index contributed by atoms with van der Waals surface area (Å²) in [5.74, 6) is 0.724. The van der Waals surface area contributed by atoms with Crippen molar-refractivity contribution >= 4 is 11.8 Å². The van der Waals surface area contributed by atoms with E-state index in [1.54, 1.807) is 11.8 Å². The van der Waals surface area contributed by atoms with Gasteiger partial charge in [-0.05, 0) is 38.4 Å². The highest BCUT2D eigenvalue weighted by atomic mass is 32.2. The zero-order chi connectivity index (χ0) is 11.3. The highest BCUT2D eigenvalue weighted by molar-refractivity contribution is 7.99. The molecule has 0 radical (unpaired) electrons. The largest absolute Gasteiger partial charge is 0.392 e. The molecule has 0 amide bonds. The van der Waals surface area contributed by atoms with Crippen molar-refractivity contribution in [2.24, 2.45) is 5.73 Å². The molecule has 0 fully saturated rings. The molecule has 0 aliphatic carbocycles. The molecular weight excluding hydrogens is 206 g/mol. The fraction of sp³-hybridized carbons (Fsp3) is 0.500. The van der Waals surface area contributed by atoms with Gasteiger partial charge in [-0.15, -0.1) is 11.8 Å². The van der Waals surface area contributed by atoms with Gasteiger partial charge in [-0.3, -0.25) is 0 Å². The second-order valence-electron chi connectivity index (χ2n) is 3.81. The molecule has 0 bridgehead atoms. The van der Waals surface area contributed by atoms with Crippen LogP contribution in [0.1, 0.15) is 17.5 Å². The molecule has 84 valence electrons. The Bertz CT molecular complexity index is 314. The van der Waals surface area contributed by atoms with Gasteiger partial charge in [0, 0.05) is 10.6 Å². The number of hydrogen-bond acceptors (Lipinski definition) is 3. The SMILES string of the molecule is Cc1ccc(C)c(SCC(O)CCN)c1. The van der Waals surface area contributed by atoms with Crippen molar-refractivity contribution in [2.75, 3.05) is 12.3 Å². The first kappa shape index (κ1) is 12.6. The first-order valence-corrected chi connectivity index (χ1v) is 6.20. The van der Waals surface area contributed by atoms with E-state index in [4.69, 9.17) is 5.73 Å². The van der Waals surface area contributed by atoms with Crippen molar-refractivity contribution in [2.45, 2.75) is 31.3 Å². The third kappa shape index (κ3) is 4.24. The normalized spacial score (nSPS) is 12.8. The summed E-state index contributed by atoms with van der Waals surface area (Å²) in [7, 11) is 0. The Morgan fingerprint density at radius 3 is 2.80 bits per heavy atom. The number of aryl methyl sites for hydroxylation is 2. The van der Waals surface area contributed by atoms with Crippen LogP contribution in [0.15, 0.2) is 23.1 Å². The van der Waals surface area contributed by atoms with Gasteiger partial charge in [-0.2, -0.15) is 0 Å². The van der Waals surface area contributed by atoms with Crippen LogP contribution >= 0.6 is 11.8 Å². The van der Waals surface area contributed by atoms with Crippen molar-refractivity contribution in [3.8, 4) is 0 Å². The number of thioether (sulfide) groups is 1. The van der Waals surface area contributed by atoms with Crippen molar-refractivity contribution in [3.63, 3.8) is 0 Å². The Morgan fingerprint density at radius 1 is 1.40 bits per heavy atom. The van der Waals surface area contributed by atoms with Crippen molar-refractivity contribution in [1.29, 1.82) is 0 Å². The Labute approximate surface area is 95.9 Å². The van der Waals surface area contributed by atoms with E-state index in [1.165, 1.54) is 16.0 Å². The van der Waals surface area contributed by atoms with E-state index in [2.05, 4.69) is 32.0 Å². The van der Waals surface area contributed by atoms with Gasteiger partial charge < -0.3 is 10.8 Å². The lowest BCUT2D eigenvalue weighted by molar-refractivity contribution is 0.192. The van der Waals surface area contributed by atoms with Crippen molar-refractivity contribution < 1.29 is 5.11 Å². The van der Waals surface area contributed by atoms with Gasteiger partial charge in [-0.1, -0.05) is 17.7 Å². The summed E-state index contributed by atoms with van der Waals surface area (Å²) in [6.45, 7) is 4.73. The molecule has 1 rings (SSSR count). The van der Waals surface area contributed by atoms with Gasteiger partial charge in [0.1, 0.15) is 0 Å². The van der Waals surface area contributed by atoms with Crippen molar-refractivity contribution in [1.82, 2.24) is 0 Å². The zero-order valence-corrected chi connectivity index (χ0v) is 10.2. The number of hydrogen-bond donors (Lipinski definition) is 2. The van der Waals surface area contributed by atoms with Crippen LogP contribution in [-0.4, -0.2) is 23.5 Å². The van der Waals surface area contributed by atoms with E-state index in [1.807, 2.05) is 0 Å². The summed E-state index contributed by atoms with van der Waals surface area (Å²) < 4.78 is 0. The van der Waals surface area contributed by atoms with E-state index in [0.717, 1.165) is 5.75 Å². The smallest absolute Gasteiger partial charge is 0.0646 e. The first-order valence-electron chi connectivity index (χ1n) is 5.21. The van der Waals surface area contributed by atoms with Crippen LogP contribution in [0.2, 0.25) is 0 Å². The second kappa shape index (κ2) is 6.16. The molecule has 0 heterocycles. The van der Waals surface area contributed by atoms with E-state index in [0.29, 0.717) is 13.0 Å². The molecule has 15 heavy (non-hydrogen) atoms. The Hall–Kier alpha value is -0.510. The van der Waals surface area contributed by atoms with Crippen LogP contribution in [0, 0.1) is 13.8 Å². The minimum atomic E-state index is -0.292. The highest BCUT2D eigenvalue weighted by Crippen LogP contribution is 2.24. The van der Waals surface area contributed by atoms with E-state index < -0.39 is 0 Å². The molecule has 1 unspecified atom stereocenters. The van der Waals surface area contributed by atoms with Gasteiger partial charge in [0.2, 0.25) is 0 Å². The fourth-order valence-corrected chi connectivity index (χ4v) is 2.43. The summed E-state index contributed by atoms with van der Waals surface area (Å²) in [6, 6.07) is 6.39. The van der Waals surface area contributed by atoms with Gasteiger partial charge in [0.05, 0.1) is 6.10 Å². The van der Waals surface area contributed by atoms with E-state index >= 15 is 0 Å². The number of benzene rings is 1. The fourth-order valence-electron chi connectivity index (χ4n) is 1.32. The lowest BCUT2D eigenvalue weighted by Crippen LogP contribution is -2.15. The first-order chi connectivity index (χ1) is 7.13. The molecule has 1 atom stereocenters. The standard InChI is InChI=1S/C12H19NOS/c1-9-3-4-10(2)12(7-9)15-8-11(14)5-6-13/h3-4,7,11,14H,5-6,8,13H2,1-2H3. The van der Waals surface area contributed by atoms with Crippen LogP contribution < -0.4 is 5.73 Å². The molecule has 0 aromatic heterocycles. The molecule has 3 N–H and O–H groups in total. The maximum Gasteiger partial charge on any atom is 0.0646 e. The van der Waals surface area contributed by atoms with Gasteiger partial charge in [0.25, 0.3) is 0 Å². The molecule has 0 aliphatic rings. The predicted octanol–water partition coefficient (Wildman–Crippen LogP) is 2.11. The number of aliphatic hydroxyl groups is 1. The maximum absolute atomic E-state index is 9.57. The number of rotatable bonds is 5. The lowest BCUT2D eigenvalue weighted by atomic mass is 10.2. The Morgan fingerprint density at radius 2 is 2.13 bits per heavy atom. The predicted molar refractivity (Wildman–Crippen MR) is 66.3 cm³/mol. The summed E-state index contributed by atoms with van der Waals surface area (Å²) in [5.41, 5.74) is 7.91.